The first-order valence-electron chi connectivity index (χ1n) is 12.3. The van der Waals surface area contributed by atoms with Crippen LogP contribution in [-0.4, -0.2) is 36.3 Å². The van der Waals surface area contributed by atoms with E-state index in [1.54, 1.807) is 20.0 Å². The third kappa shape index (κ3) is 4.50. The second-order valence-electron chi connectivity index (χ2n) is 9.88. The van der Waals surface area contributed by atoms with Gasteiger partial charge in [-0.05, 0) is 51.7 Å². The molecule has 4 aromatic rings. The Bertz CT molecular complexity index is 1520. The quantitative estimate of drug-likeness (QED) is 0.294. The molecule has 0 N–H and O–H groups in total. The molecule has 3 aromatic heterocycles. The fraction of sp³-hybridized carbons (Fsp3) is 0.423. The van der Waals surface area contributed by atoms with Crippen LogP contribution in [0.1, 0.15) is 72.1 Å². The van der Waals surface area contributed by atoms with Gasteiger partial charge in [0.15, 0.2) is 5.65 Å². The molecule has 1 saturated heterocycles. The lowest BCUT2D eigenvalue weighted by Crippen LogP contribution is -2.21. The number of aryl methyl sites for hydroxylation is 2. The lowest BCUT2D eigenvalue weighted by molar-refractivity contribution is -0.138. The maximum atomic E-state index is 15.1. The summed E-state index contributed by atoms with van der Waals surface area (Å²) >= 11 is 0. The summed E-state index contributed by atoms with van der Waals surface area (Å²) in [6, 6.07) is 0.957. The Balaban J connectivity index is 1.44. The average molecular weight is 531 g/mol. The molecule has 1 aliphatic carbocycles. The Hall–Kier alpha value is -3.54. The number of halogens is 5. The molecule has 12 heteroatoms. The van der Waals surface area contributed by atoms with Crippen LogP contribution in [0.2, 0.25) is 0 Å². The minimum absolute atomic E-state index is 0.0173. The summed E-state index contributed by atoms with van der Waals surface area (Å²) in [5, 5.41) is 4.43. The van der Waals surface area contributed by atoms with E-state index in [0.717, 1.165) is 18.4 Å². The van der Waals surface area contributed by atoms with Crippen LogP contribution in [0.15, 0.2) is 24.5 Å². The Morgan fingerprint density at radius 2 is 1.66 bits per heavy atom. The lowest BCUT2D eigenvalue weighted by Gasteiger charge is -2.28. The van der Waals surface area contributed by atoms with E-state index in [1.165, 1.54) is 0 Å². The van der Waals surface area contributed by atoms with Crippen molar-refractivity contribution in [2.45, 2.75) is 63.8 Å². The number of alkyl halides is 3. The van der Waals surface area contributed by atoms with Crippen molar-refractivity contribution in [2.24, 2.45) is 0 Å². The maximum absolute atomic E-state index is 15.1. The summed E-state index contributed by atoms with van der Waals surface area (Å²) in [7, 11) is 0. The molecule has 0 amide bonds. The summed E-state index contributed by atoms with van der Waals surface area (Å²) in [5.41, 5.74) is -0.228. The zero-order chi connectivity index (χ0) is 26.8. The molecule has 0 unspecified atom stereocenters. The zero-order valence-electron chi connectivity index (χ0n) is 20.6. The van der Waals surface area contributed by atoms with Crippen molar-refractivity contribution in [1.29, 1.82) is 0 Å². The molecule has 6 rings (SSSR count). The van der Waals surface area contributed by atoms with Gasteiger partial charge in [0.2, 0.25) is 0 Å². The Morgan fingerprint density at radius 3 is 2.34 bits per heavy atom. The first kappa shape index (κ1) is 24.8. The van der Waals surface area contributed by atoms with Gasteiger partial charge in [-0.3, -0.25) is 4.68 Å². The third-order valence-electron chi connectivity index (χ3n) is 7.13. The summed E-state index contributed by atoms with van der Waals surface area (Å²) in [5.74, 6) is -2.74. The van der Waals surface area contributed by atoms with Crippen molar-refractivity contribution in [1.82, 2.24) is 29.7 Å². The SMILES string of the molecule is Cc1nc2nc([C@H]3CCO[C@H](c4cnn(C5CC5)c4)C3)nc(-c3c(F)cc(C(F)(F)F)cc3F)c2nc1C. The summed E-state index contributed by atoms with van der Waals surface area (Å²) in [4.78, 5) is 17.9. The molecule has 0 radical (unpaired) electrons. The van der Waals surface area contributed by atoms with Gasteiger partial charge >= 0.3 is 6.18 Å². The van der Waals surface area contributed by atoms with E-state index in [0.29, 0.717) is 36.9 Å². The van der Waals surface area contributed by atoms with Crippen molar-refractivity contribution in [3.05, 3.63) is 64.5 Å². The van der Waals surface area contributed by atoms with E-state index in [2.05, 4.69) is 25.0 Å². The van der Waals surface area contributed by atoms with Crippen LogP contribution in [-0.2, 0) is 10.9 Å². The maximum Gasteiger partial charge on any atom is 0.416 e. The van der Waals surface area contributed by atoms with E-state index in [9.17, 15) is 13.2 Å². The summed E-state index contributed by atoms with van der Waals surface area (Å²) in [6.07, 6.45) is 1.82. The van der Waals surface area contributed by atoms with Gasteiger partial charge in [0.1, 0.15) is 28.7 Å². The second kappa shape index (κ2) is 9.04. The number of nitrogens with zero attached hydrogens (tertiary/aromatic N) is 6. The van der Waals surface area contributed by atoms with Gasteiger partial charge in [-0.25, -0.2) is 28.7 Å². The van der Waals surface area contributed by atoms with Gasteiger partial charge in [-0.15, -0.1) is 0 Å². The second-order valence-corrected chi connectivity index (χ2v) is 9.88. The smallest absolute Gasteiger partial charge is 0.373 e. The highest BCUT2D eigenvalue weighted by Crippen LogP contribution is 2.41. The molecule has 0 spiro atoms. The van der Waals surface area contributed by atoms with E-state index in [1.807, 2.05) is 10.9 Å². The molecular weight excluding hydrogens is 507 g/mol. The number of hydrogen-bond acceptors (Lipinski definition) is 6. The van der Waals surface area contributed by atoms with Crippen LogP contribution < -0.4 is 0 Å². The molecule has 7 nitrogen and oxygen atoms in total. The predicted molar refractivity (Wildman–Crippen MR) is 126 cm³/mol. The van der Waals surface area contributed by atoms with Crippen LogP contribution in [0, 0.1) is 25.5 Å². The molecule has 1 saturated carbocycles. The van der Waals surface area contributed by atoms with Crippen LogP contribution in [0.25, 0.3) is 22.4 Å². The minimum atomic E-state index is -4.91. The Labute approximate surface area is 214 Å². The van der Waals surface area contributed by atoms with Gasteiger partial charge in [0, 0.05) is 24.3 Å². The van der Waals surface area contributed by atoms with Crippen molar-refractivity contribution in [2.75, 3.05) is 6.61 Å². The van der Waals surface area contributed by atoms with Crippen molar-refractivity contribution in [3.63, 3.8) is 0 Å². The van der Waals surface area contributed by atoms with E-state index in [4.69, 9.17) is 4.74 Å². The average Bonchev–Trinajstić information content (AvgIpc) is 3.60. The molecule has 2 fully saturated rings. The molecule has 1 aliphatic heterocycles. The van der Waals surface area contributed by atoms with Gasteiger partial charge in [-0.1, -0.05) is 0 Å². The van der Waals surface area contributed by atoms with Gasteiger partial charge in [0.05, 0.1) is 40.9 Å². The molecule has 198 valence electrons. The predicted octanol–water partition coefficient (Wildman–Crippen LogP) is 6.17. The number of fused-ring (bicyclic) bond motifs is 1. The molecule has 2 atom stereocenters. The van der Waals surface area contributed by atoms with Crippen LogP contribution >= 0.6 is 0 Å². The molecule has 0 bridgehead atoms. The highest BCUT2D eigenvalue weighted by molar-refractivity contribution is 5.87. The highest BCUT2D eigenvalue weighted by Gasteiger charge is 2.35. The van der Waals surface area contributed by atoms with Crippen LogP contribution in [0.4, 0.5) is 22.0 Å². The van der Waals surface area contributed by atoms with Gasteiger partial charge < -0.3 is 4.74 Å². The molecule has 4 heterocycles. The highest BCUT2D eigenvalue weighted by atomic mass is 19.4. The van der Waals surface area contributed by atoms with E-state index >= 15 is 8.78 Å². The number of ether oxygens (including phenoxy) is 1. The van der Waals surface area contributed by atoms with Crippen LogP contribution in [0.5, 0.6) is 0 Å². The minimum Gasteiger partial charge on any atom is -0.373 e. The summed E-state index contributed by atoms with van der Waals surface area (Å²) < 4.78 is 77.6. The largest absolute Gasteiger partial charge is 0.416 e. The van der Waals surface area contributed by atoms with Crippen molar-refractivity contribution in [3.8, 4) is 11.3 Å². The molecule has 38 heavy (non-hydrogen) atoms. The number of aromatic nitrogens is 6. The lowest BCUT2D eigenvalue weighted by atomic mass is 9.92. The Kier molecular flexibility index (Phi) is 5.89. The standard InChI is InChI=1S/C26H23F5N6O/c1-12-13(2)34-25-23(33-12)22(21-18(27)8-16(9-19(21)28)26(29,30)31)35-24(36-25)14-5-6-38-20(7-14)15-10-32-37(11-15)17-3-4-17/h8-11,14,17,20H,3-7H2,1-2H3/t14-,20-/m0/s1. The number of benzene rings is 1. The van der Waals surface area contributed by atoms with Crippen molar-refractivity contribution >= 4 is 11.2 Å². The van der Waals surface area contributed by atoms with Crippen molar-refractivity contribution < 1.29 is 26.7 Å². The van der Waals surface area contributed by atoms with E-state index in [-0.39, 0.29) is 46.8 Å². The monoisotopic (exact) mass is 530 g/mol. The fourth-order valence-electron chi connectivity index (χ4n) is 4.77. The third-order valence-corrected chi connectivity index (χ3v) is 7.13. The first-order chi connectivity index (χ1) is 18.1. The van der Waals surface area contributed by atoms with Gasteiger partial charge in [0.25, 0.3) is 0 Å². The fourth-order valence-corrected chi connectivity index (χ4v) is 4.77. The Morgan fingerprint density at radius 1 is 0.947 bits per heavy atom. The molecular formula is C26H23F5N6O. The van der Waals surface area contributed by atoms with E-state index < -0.39 is 28.9 Å². The molecule has 2 aliphatic rings. The topological polar surface area (TPSA) is 78.6 Å². The van der Waals surface area contributed by atoms with Gasteiger partial charge in [-0.2, -0.15) is 18.3 Å². The zero-order valence-corrected chi connectivity index (χ0v) is 20.6. The summed E-state index contributed by atoms with van der Waals surface area (Å²) in [6.45, 7) is 3.80. The molecule has 1 aromatic carbocycles. The van der Waals surface area contributed by atoms with Crippen LogP contribution in [0.3, 0.4) is 0 Å². The normalized spacial score (nSPS) is 20.3. The number of hydrogen-bond donors (Lipinski definition) is 0. The first-order valence-corrected chi connectivity index (χ1v) is 12.3. The number of rotatable bonds is 4.